The van der Waals surface area contributed by atoms with Crippen LogP contribution in [-0.2, 0) is 14.3 Å². The summed E-state index contributed by atoms with van der Waals surface area (Å²) in [6.45, 7) is -0.475. The third kappa shape index (κ3) is 5.01. The molecule has 1 fully saturated rings. The van der Waals surface area contributed by atoms with E-state index in [1.165, 1.54) is 6.07 Å². The van der Waals surface area contributed by atoms with Gasteiger partial charge in [-0.3, -0.25) is 19.7 Å². The van der Waals surface area contributed by atoms with Crippen LogP contribution in [0.2, 0.25) is 0 Å². The highest BCUT2D eigenvalue weighted by atomic mass is 19.1. The Labute approximate surface area is 132 Å². The maximum Gasteiger partial charge on any atom is 0.306 e. The van der Waals surface area contributed by atoms with E-state index in [9.17, 15) is 24.1 Å². The quantitative estimate of drug-likeness (QED) is 0.493. The Balaban J connectivity index is 1.81. The number of halogens is 1. The van der Waals surface area contributed by atoms with E-state index in [0.717, 1.165) is 37.8 Å². The summed E-state index contributed by atoms with van der Waals surface area (Å²) in [6.07, 6.45) is 4.53. The predicted octanol–water partition coefficient (Wildman–Crippen LogP) is 2.80. The van der Waals surface area contributed by atoms with Gasteiger partial charge in [-0.1, -0.05) is 12.8 Å². The van der Waals surface area contributed by atoms with Crippen LogP contribution in [-0.4, -0.2) is 23.4 Å². The number of esters is 1. The summed E-state index contributed by atoms with van der Waals surface area (Å²) in [6, 6.07) is 2.99. The molecule has 7 nitrogen and oxygen atoms in total. The van der Waals surface area contributed by atoms with Crippen molar-refractivity contribution < 1.29 is 23.6 Å². The van der Waals surface area contributed by atoms with Crippen molar-refractivity contribution in [2.75, 3.05) is 11.9 Å². The van der Waals surface area contributed by atoms with Crippen molar-refractivity contribution in [2.45, 2.75) is 32.1 Å². The van der Waals surface area contributed by atoms with Gasteiger partial charge in [-0.2, -0.15) is 4.39 Å². The second-order valence-electron chi connectivity index (χ2n) is 5.49. The van der Waals surface area contributed by atoms with Gasteiger partial charge in [0.05, 0.1) is 4.92 Å². The number of anilines is 1. The molecule has 0 atom stereocenters. The molecule has 2 rings (SSSR count). The summed E-state index contributed by atoms with van der Waals surface area (Å²) in [5.41, 5.74) is -0.670. The average molecular weight is 324 g/mol. The molecule has 0 aliphatic heterocycles. The van der Waals surface area contributed by atoms with Gasteiger partial charge < -0.3 is 10.1 Å². The van der Waals surface area contributed by atoms with Gasteiger partial charge in [0.15, 0.2) is 6.61 Å². The number of benzene rings is 1. The zero-order valence-corrected chi connectivity index (χ0v) is 12.4. The Hall–Kier alpha value is -2.51. The zero-order chi connectivity index (χ0) is 16.8. The fraction of sp³-hybridized carbons (Fsp3) is 0.467. The molecule has 1 aliphatic rings. The lowest BCUT2D eigenvalue weighted by atomic mass is 10.1. The second kappa shape index (κ2) is 7.66. The van der Waals surface area contributed by atoms with Gasteiger partial charge in [0.2, 0.25) is 5.82 Å². The molecule has 0 spiro atoms. The number of nitro groups is 1. The first-order valence-electron chi connectivity index (χ1n) is 7.35. The Bertz CT molecular complexity index is 614. The Morgan fingerprint density at radius 3 is 2.70 bits per heavy atom. The third-order valence-corrected chi connectivity index (χ3v) is 3.72. The highest BCUT2D eigenvalue weighted by Crippen LogP contribution is 2.27. The maximum atomic E-state index is 13.2. The Morgan fingerprint density at radius 1 is 1.35 bits per heavy atom. The van der Waals surface area contributed by atoms with E-state index in [0.29, 0.717) is 12.3 Å². The van der Waals surface area contributed by atoms with Crippen LogP contribution in [0.5, 0.6) is 0 Å². The molecule has 0 unspecified atom stereocenters. The minimum atomic E-state index is -0.990. The SMILES string of the molecule is O=C(COC(=O)CC1CCCC1)Nc1ccc(F)c([N+](=O)[O-])c1. The maximum absolute atomic E-state index is 13.2. The molecule has 0 aromatic heterocycles. The summed E-state index contributed by atoms with van der Waals surface area (Å²) < 4.78 is 18.1. The molecule has 0 bridgehead atoms. The van der Waals surface area contributed by atoms with Crippen molar-refractivity contribution in [2.24, 2.45) is 5.92 Å². The number of nitrogens with one attached hydrogen (secondary N) is 1. The first-order chi connectivity index (χ1) is 11.0. The molecule has 1 saturated carbocycles. The topological polar surface area (TPSA) is 98.5 Å². The normalized spacial score (nSPS) is 14.5. The number of rotatable bonds is 6. The fourth-order valence-corrected chi connectivity index (χ4v) is 2.58. The van der Waals surface area contributed by atoms with Crippen LogP contribution in [0.4, 0.5) is 15.8 Å². The van der Waals surface area contributed by atoms with Gasteiger partial charge in [-0.15, -0.1) is 0 Å². The lowest BCUT2D eigenvalue weighted by Gasteiger charge is -2.09. The molecule has 1 amide bonds. The lowest BCUT2D eigenvalue weighted by Crippen LogP contribution is -2.21. The highest BCUT2D eigenvalue weighted by Gasteiger charge is 2.20. The molecule has 1 N–H and O–H groups in total. The lowest BCUT2D eigenvalue weighted by molar-refractivity contribution is -0.387. The number of hydrogen-bond donors (Lipinski definition) is 1. The number of nitrogens with zero attached hydrogens (tertiary/aromatic N) is 1. The van der Waals surface area contributed by atoms with E-state index >= 15 is 0 Å². The van der Waals surface area contributed by atoms with Crippen LogP contribution < -0.4 is 5.32 Å². The summed E-state index contributed by atoms with van der Waals surface area (Å²) in [5, 5.41) is 12.9. The molecular formula is C15H17FN2O5. The molecule has 23 heavy (non-hydrogen) atoms. The number of hydrogen-bond acceptors (Lipinski definition) is 5. The molecule has 8 heteroatoms. The number of amides is 1. The summed E-state index contributed by atoms with van der Waals surface area (Å²) >= 11 is 0. The summed E-state index contributed by atoms with van der Waals surface area (Å²) in [4.78, 5) is 33.0. The molecule has 0 saturated heterocycles. The van der Waals surface area contributed by atoms with Crippen LogP contribution in [0.25, 0.3) is 0 Å². The van der Waals surface area contributed by atoms with Crippen LogP contribution in [0.1, 0.15) is 32.1 Å². The molecule has 124 valence electrons. The van der Waals surface area contributed by atoms with Gasteiger partial charge in [-0.25, -0.2) is 0 Å². The summed E-state index contributed by atoms with van der Waals surface area (Å²) in [7, 11) is 0. The minimum Gasteiger partial charge on any atom is -0.456 e. The standard InChI is InChI=1S/C15H17FN2O5/c16-12-6-5-11(8-13(12)18(21)22)17-14(19)9-23-15(20)7-10-3-1-2-4-10/h5-6,8,10H,1-4,7,9H2,(H,17,19). The van der Waals surface area contributed by atoms with E-state index in [-0.39, 0.29) is 5.69 Å². The Morgan fingerprint density at radius 2 is 2.04 bits per heavy atom. The van der Waals surface area contributed by atoms with E-state index in [2.05, 4.69) is 5.32 Å². The van der Waals surface area contributed by atoms with Crippen LogP contribution in [0, 0.1) is 21.8 Å². The van der Waals surface area contributed by atoms with Crippen molar-refractivity contribution in [3.05, 3.63) is 34.1 Å². The second-order valence-corrected chi connectivity index (χ2v) is 5.49. The van der Waals surface area contributed by atoms with Gasteiger partial charge in [0.25, 0.3) is 5.91 Å². The largest absolute Gasteiger partial charge is 0.456 e. The third-order valence-electron chi connectivity index (χ3n) is 3.72. The monoisotopic (exact) mass is 324 g/mol. The van der Waals surface area contributed by atoms with Gasteiger partial charge in [0.1, 0.15) is 0 Å². The van der Waals surface area contributed by atoms with Crippen molar-refractivity contribution >= 4 is 23.3 Å². The molecule has 1 aliphatic carbocycles. The van der Waals surface area contributed by atoms with Crippen LogP contribution in [0.15, 0.2) is 18.2 Å². The average Bonchev–Trinajstić information content (AvgIpc) is 3.00. The van der Waals surface area contributed by atoms with E-state index in [4.69, 9.17) is 4.74 Å². The number of ether oxygens (including phenoxy) is 1. The number of nitro benzene ring substituents is 1. The van der Waals surface area contributed by atoms with E-state index in [1.807, 2.05) is 0 Å². The van der Waals surface area contributed by atoms with Crippen molar-refractivity contribution in [1.29, 1.82) is 0 Å². The molecule has 1 aromatic rings. The van der Waals surface area contributed by atoms with Crippen molar-refractivity contribution in [3.8, 4) is 0 Å². The minimum absolute atomic E-state index is 0.0648. The molecule has 1 aromatic carbocycles. The van der Waals surface area contributed by atoms with Gasteiger partial charge in [-0.05, 0) is 30.9 Å². The highest BCUT2D eigenvalue weighted by molar-refractivity contribution is 5.93. The predicted molar refractivity (Wildman–Crippen MR) is 79.2 cm³/mol. The van der Waals surface area contributed by atoms with Crippen molar-refractivity contribution in [3.63, 3.8) is 0 Å². The van der Waals surface area contributed by atoms with E-state index in [1.54, 1.807) is 0 Å². The van der Waals surface area contributed by atoms with Gasteiger partial charge in [0, 0.05) is 18.2 Å². The summed E-state index contributed by atoms with van der Waals surface area (Å²) in [5.74, 6) is -1.73. The van der Waals surface area contributed by atoms with Crippen LogP contribution >= 0.6 is 0 Å². The number of carbonyl (C=O) groups excluding carboxylic acids is 2. The first kappa shape index (κ1) is 16.9. The first-order valence-corrected chi connectivity index (χ1v) is 7.35. The van der Waals surface area contributed by atoms with Gasteiger partial charge >= 0.3 is 11.7 Å². The Kier molecular flexibility index (Phi) is 5.61. The fourth-order valence-electron chi connectivity index (χ4n) is 2.58. The molecule has 0 heterocycles. The molecular weight excluding hydrogens is 307 g/mol. The smallest absolute Gasteiger partial charge is 0.306 e. The van der Waals surface area contributed by atoms with Crippen LogP contribution in [0.3, 0.4) is 0 Å². The van der Waals surface area contributed by atoms with E-state index < -0.39 is 34.9 Å². The number of carbonyl (C=O) groups is 2. The zero-order valence-electron chi connectivity index (χ0n) is 12.4. The molecule has 0 radical (unpaired) electrons. The van der Waals surface area contributed by atoms with Crippen molar-refractivity contribution in [1.82, 2.24) is 0 Å².